The normalized spacial score (nSPS) is 14.7. The van der Waals surface area contributed by atoms with E-state index in [0.29, 0.717) is 29.5 Å². The van der Waals surface area contributed by atoms with Crippen molar-refractivity contribution in [2.75, 3.05) is 12.4 Å². The van der Waals surface area contributed by atoms with Gasteiger partial charge in [-0.15, -0.1) is 11.6 Å². The smallest absolute Gasteiger partial charge is 0.144 e. The summed E-state index contributed by atoms with van der Waals surface area (Å²) in [6, 6.07) is 15.5. The van der Waals surface area contributed by atoms with Crippen LogP contribution >= 0.6 is 23.2 Å². The van der Waals surface area contributed by atoms with Crippen molar-refractivity contribution in [1.82, 2.24) is 5.43 Å². The summed E-state index contributed by atoms with van der Waals surface area (Å²) < 4.78 is 0. The van der Waals surface area contributed by atoms with Gasteiger partial charge in [0.15, 0.2) is 0 Å². The Bertz CT molecular complexity index is 931. The number of rotatable bonds is 5. The lowest BCUT2D eigenvalue weighted by atomic mass is 10.0. The molecule has 28 heavy (non-hydrogen) atoms. The van der Waals surface area contributed by atoms with Crippen molar-refractivity contribution in [3.8, 4) is 0 Å². The Labute approximate surface area is 174 Å². The summed E-state index contributed by atoms with van der Waals surface area (Å²) in [5.74, 6) is 0.808. The predicted octanol–water partition coefficient (Wildman–Crippen LogP) is 4.57. The molecule has 5 nitrogen and oxygen atoms in total. The molecule has 0 fully saturated rings. The van der Waals surface area contributed by atoms with Crippen LogP contribution in [0.15, 0.2) is 63.6 Å². The van der Waals surface area contributed by atoms with E-state index in [2.05, 4.69) is 15.5 Å². The zero-order valence-electron chi connectivity index (χ0n) is 15.8. The van der Waals surface area contributed by atoms with Crippen molar-refractivity contribution in [3.05, 3.63) is 64.7 Å². The fourth-order valence-electron chi connectivity index (χ4n) is 2.88. The summed E-state index contributed by atoms with van der Waals surface area (Å²) in [6.45, 7) is 3.77. The maximum absolute atomic E-state index is 9.99. The number of hydrogen-bond donors (Lipinski definition) is 2. The molecule has 2 aromatic rings. The van der Waals surface area contributed by atoms with E-state index in [1.54, 1.807) is 19.9 Å². The highest BCUT2D eigenvalue weighted by atomic mass is 35.5. The summed E-state index contributed by atoms with van der Waals surface area (Å²) in [6.07, 6.45) is 0.363. The molecule has 7 heteroatoms. The number of aliphatic hydroxyl groups is 1. The minimum absolute atomic E-state index is 0.217. The van der Waals surface area contributed by atoms with Crippen LogP contribution in [0.4, 0.5) is 5.69 Å². The molecule has 2 aromatic carbocycles. The van der Waals surface area contributed by atoms with Gasteiger partial charge in [-0.1, -0.05) is 41.9 Å². The molecule has 146 valence electrons. The molecule has 1 heterocycles. The molecule has 0 spiro atoms. The van der Waals surface area contributed by atoms with Gasteiger partial charge in [0.25, 0.3) is 0 Å². The number of alkyl halides is 1. The first-order chi connectivity index (χ1) is 13.4. The van der Waals surface area contributed by atoms with Gasteiger partial charge in [0.1, 0.15) is 5.84 Å². The molecule has 2 N–H and O–H groups in total. The van der Waals surface area contributed by atoms with Crippen molar-refractivity contribution in [2.24, 2.45) is 15.1 Å². The second kappa shape index (κ2) is 8.86. The number of hydrazone groups is 1. The standard InChI is InChI=1S/C21H22Cl2N4O/c1-21(2,28)11-16(12-22)26-27-19-13-24-20(14-6-4-3-5-7-14)17-10-15(23)8-9-18(17)25-19/h3-10,28H,11-13H2,1-2H3,(H,25,27). The van der Waals surface area contributed by atoms with Crippen LogP contribution in [-0.4, -0.2) is 40.4 Å². The van der Waals surface area contributed by atoms with Crippen molar-refractivity contribution >= 4 is 46.1 Å². The largest absolute Gasteiger partial charge is 0.390 e. The Kier molecular flexibility index (Phi) is 6.50. The lowest BCUT2D eigenvalue weighted by molar-refractivity contribution is 0.0884. The molecule has 0 aliphatic carbocycles. The maximum Gasteiger partial charge on any atom is 0.144 e. The Morgan fingerprint density at radius 3 is 2.64 bits per heavy atom. The van der Waals surface area contributed by atoms with E-state index in [4.69, 9.17) is 28.2 Å². The zero-order chi connectivity index (χ0) is 20.1. The number of hydrogen-bond acceptors (Lipinski definition) is 5. The molecular formula is C21H22Cl2N4O. The van der Waals surface area contributed by atoms with Crippen LogP contribution in [0.1, 0.15) is 31.4 Å². The van der Waals surface area contributed by atoms with Gasteiger partial charge in [0.05, 0.1) is 35.1 Å². The van der Waals surface area contributed by atoms with Crippen LogP contribution in [0.2, 0.25) is 5.02 Å². The van der Waals surface area contributed by atoms with Gasteiger partial charge in [-0.3, -0.25) is 10.4 Å². The first kappa shape index (κ1) is 20.5. The molecule has 0 radical (unpaired) electrons. The minimum atomic E-state index is -0.886. The third-order valence-corrected chi connectivity index (χ3v) is 4.58. The Morgan fingerprint density at radius 1 is 1.21 bits per heavy atom. The number of aliphatic imine (C=N–C) groups is 2. The van der Waals surface area contributed by atoms with E-state index < -0.39 is 5.60 Å². The molecule has 0 saturated carbocycles. The highest BCUT2D eigenvalue weighted by molar-refractivity contribution is 6.31. The first-order valence-electron chi connectivity index (χ1n) is 8.93. The van der Waals surface area contributed by atoms with Crippen molar-refractivity contribution in [3.63, 3.8) is 0 Å². The lowest BCUT2D eigenvalue weighted by Crippen LogP contribution is -2.28. The highest BCUT2D eigenvalue weighted by Gasteiger charge is 2.18. The molecule has 0 amide bonds. The zero-order valence-corrected chi connectivity index (χ0v) is 17.3. The summed E-state index contributed by atoms with van der Waals surface area (Å²) in [7, 11) is 0. The van der Waals surface area contributed by atoms with E-state index in [9.17, 15) is 5.11 Å². The molecule has 0 saturated heterocycles. The fraction of sp³-hybridized carbons (Fsp3) is 0.286. The average Bonchev–Trinajstić information content (AvgIpc) is 2.84. The molecule has 0 atom stereocenters. The average molecular weight is 417 g/mol. The number of halogens is 2. The van der Waals surface area contributed by atoms with Gasteiger partial charge in [0.2, 0.25) is 0 Å². The summed E-state index contributed by atoms with van der Waals surface area (Å²) >= 11 is 12.2. The Balaban J connectivity index is 1.94. The number of benzene rings is 2. The monoisotopic (exact) mass is 416 g/mol. The SMILES string of the molecule is CC(C)(O)CC(CCl)=NNC1=Nc2ccc(Cl)cc2C(c2ccccc2)=NC1. The van der Waals surface area contributed by atoms with E-state index in [0.717, 1.165) is 22.5 Å². The molecule has 1 aliphatic heterocycles. The van der Waals surface area contributed by atoms with Crippen molar-refractivity contribution < 1.29 is 5.11 Å². The predicted molar refractivity (Wildman–Crippen MR) is 118 cm³/mol. The second-order valence-corrected chi connectivity index (χ2v) is 7.87. The summed E-state index contributed by atoms with van der Waals surface area (Å²) in [5.41, 5.74) is 6.18. The van der Waals surface area contributed by atoms with E-state index in [-0.39, 0.29) is 5.88 Å². The molecular weight excluding hydrogens is 395 g/mol. The minimum Gasteiger partial charge on any atom is -0.390 e. The van der Waals surface area contributed by atoms with Crippen LogP contribution in [0, 0.1) is 0 Å². The van der Waals surface area contributed by atoms with E-state index in [1.807, 2.05) is 42.5 Å². The first-order valence-corrected chi connectivity index (χ1v) is 9.84. The second-order valence-electron chi connectivity index (χ2n) is 7.16. The number of fused-ring (bicyclic) bond motifs is 1. The van der Waals surface area contributed by atoms with E-state index in [1.165, 1.54) is 0 Å². The fourth-order valence-corrected chi connectivity index (χ4v) is 3.20. The van der Waals surface area contributed by atoms with Crippen LogP contribution in [0.25, 0.3) is 0 Å². The highest BCUT2D eigenvalue weighted by Crippen LogP contribution is 2.28. The number of nitrogens with one attached hydrogen (secondary N) is 1. The van der Waals surface area contributed by atoms with E-state index >= 15 is 0 Å². The number of amidine groups is 1. The lowest BCUT2D eigenvalue weighted by Gasteiger charge is -2.17. The van der Waals surface area contributed by atoms with Gasteiger partial charge in [-0.2, -0.15) is 5.10 Å². The van der Waals surface area contributed by atoms with Gasteiger partial charge in [-0.25, -0.2) is 4.99 Å². The Hall–Kier alpha value is -2.21. The quantitative estimate of drug-likeness (QED) is 0.425. The van der Waals surface area contributed by atoms with Crippen molar-refractivity contribution in [2.45, 2.75) is 25.9 Å². The summed E-state index contributed by atoms with van der Waals surface area (Å²) in [5, 5.41) is 14.9. The van der Waals surface area contributed by atoms with Gasteiger partial charge >= 0.3 is 0 Å². The molecule has 0 aromatic heterocycles. The van der Waals surface area contributed by atoms with Crippen molar-refractivity contribution in [1.29, 1.82) is 0 Å². The van der Waals surface area contributed by atoms with Gasteiger partial charge in [-0.05, 0) is 32.0 Å². The maximum atomic E-state index is 9.99. The third kappa shape index (κ3) is 5.41. The third-order valence-electron chi connectivity index (χ3n) is 4.04. The van der Waals surface area contributed by atoms with Gasteiger partial charge in [0, 0.05) is 22.6 Å². The van der Waals surface area contributed by atoms with Gasteiger partial charge < -0.3 is 5.11 Å². The van der Waals surface area contributed by atoms with Crippen LogP contribution in [0.3, 0.4) is 0 Å². The molecule has 0 unspecified atom stereocenters. The van der Waals surface area contributed by atoms with Crippen LogP contribution in [0.5, 0.6) is 0 Å². The topological polar surface area (TPSA) is 69.3 Å². The number of nitrogens with zero attached hydrogens (tertiary/aromatic N) is 3. The van der Waals surface area contributed by atoms with Crippen LogP contribution < -0.4 is 5.43 Å². The molecule has 1 aliphatic rings. The Morgan fingerprint density at radius 2 is 1.96 bits per heavy atom. The summed E-state index contributed by atoms with van der Waals surface area (Å²) in [4.78, 5) is 9.43. The van der Waals surface area contributed by atoms with Crippen LogP contribution in [-0.2, 0) is 0 Å². The molecule has 3 rings (SSSR count). The molecule has 0 bridgehead atoms.